The van der Waals surface area contributed by atoms with Crippen molar-refractivity contribution in [3.63, 3.8) is 0 Å². The minimum atomic E-state index is 0.620. The van der Waals surface area contributed by atoms with Gasteiger partial charge in [-0.05, 0) is 45.4 Å². The molecule has 2 saturated carbocycles. The van der Waals surface area contributed by atoms with E-state index in [0.29, 0.717) is 6.04 Å². The van der Waals surface area contributed by atoms with Crippen molar-refractivity contribution >= 4 is 5.82 Å². The maximum atomic E-state index is 4.63. The Morgan fingerprint density at radius 1 is 1.37 bits per heavy atom. The van der Waals surface area contributed by atoms with Crippen LogP contribution in [0, 0.1) is 12.8 Å². The van der Waals surface area contributed by atoms with Gasteiger partial charge in [0, 0.05) is 38.3 Å². The Morgan fingerprint density at radius 3 is 2.63 bits per heavy atom. The van der Waals surface area contributed by atoms with Crippen LogP contribution in [0.1, 0.15) is 43.9 Å². The maximum Gasteiger partial charge on any atom is 0.131 e. The molecule has 4 heteroatoms. The fraction of sp³-hybridized carbons (Fsp3) is 0.800. The molecule has 1 unspecified atom stereocenters. The average molecular weight is 262 g/mol. The smallest absolute Gasteiger partial charge is 0.131 e. The molecule has 3 rings (SSSR count). The van der Waals surface area contributed by atoms with Crippen LogP contribution < -0.4 is 10.2 Å². The minimum Gasteiger partial charge on any atom is -0.357 e. The highest BCUT2D eigenvalue weighted by molar-refractivity contribution is 5.50. The first-order valence-electron chi connectivity index (χ1n) is 7.56. The van der Waals surface area contributed by atoms with Crippen LogP contribution in [-0.4, -0.2) is 28.9 Å². The first-order valence-corrected chi connectivity index (χ1v) is 7.56. The zero-order valence-electron chi connectivity index (χ0n) is 12.6. The summed E-state index contributed by atoms with van der Waals surface area (Å²) in [5.41, 5.74) is 2.55. The lowest BCUT2D eigenvalue weighted by Crippen LogP contribution is -2.33. The molecule has 2 aliphatic rings. The zero-order valence-corrected chi connectivity index (χ0v) is 12.6. The molecule has 1 heterocycles. The monoisotopic (exact) mass is 262 g/mol. The SMILES string of the molecule is Cc1nn(C)c(N(C)C(C)C2CC2)c1CNC1CC1. The zero-order chi connectivity index (χ0) is 13.6. The van der Waals surface area contributed by atoms with Crippen molar-refractivity contribution in [1.29, 1.82) is 0 Å². The van der Waals surface area contributed by atoms with E-state index < -0.39 is 0 Å². The number of aryl methyl sites for hydroxylation is 2. The number of nitrogens with zero attached hydrogens (tertiary/aromatic N) is 3. The molecule has 0 aromatic carbocycles. The van der Waals surface area contributed by atoms with E-state index in [9.17, 15) is 0 Å². The molecule has 2 aliphatic carbocycles. The summed E-state index contributed by atoms with van der Waals surface area (Å²) in [4.78, 5) is 2.43. The van der Waals surface area contributed by atoms with Gasteiger partial charge in [-0.3, -0.25) is 4.68 Å². The van der Waals surface area contributed by atoms with Crippen molar-refractivity contribution in [2.45, 2.75) is 58.2 Å². The van der Waals surface area contributed by atoms with Gasteiger partial charge in [0.1, 0.15) is 5.82 Å². The first kappa shape index (κ1) is 13.0. The molecule has 106 valence electrons. The molecule has 19 heavy (non-hydrogen) atoms. The van der Waals surface area contributed by atoms with Gasteiger partial charge in [0.15, 0.2) is 0 Å². The van der Waals surface area contributed by atoms with Gasteiger partial charge in [-0.15, -0.1) is 0 Å². The largest absolute Gasteiger partial charge is 0.357 e. The maximum absolute atomic E-state index is 4.63. The summed E-state index contributed by atoms with van der Waals surface area (Å²) in [7, 11) is 4.29. The number of nitrogens with one attached hydrogen (secondary N) is 1. The van der Waals surface area contributed by atoms with Crippen LogP contribution in [0.2, 0.25) is 0 Å². The van der Waals surface area contributed by atoms with E-state index >= 15 is 0 Å². The molecule has 0 aliphatic heterocycles. The van der Waals surface area contributed by atoms with Crippen molar-refractivity contribution in [2.75, 3.05) is 11.9 Å². The highest BCUT2D eigenvalue weighted by Gasteiger charge is 2.33. The highest BCUT2D eigenvalue weighted by Crippen LogP contribution is 2.37. The van der Waals surface area contributed by atoms with E-state index in [2.05, 4.69) is 47.9 Å². The van der Waals surface area contributed by atoms with Crippen molar-refractivity contribution in [3.05, 3.63) is 11.3 Å². The highest BCUT2D eigenvalue weighted by atomic mass is 15.4. The van der Waals surface area contributed by atoms with E-state index in [-0.39, 0.29) is 0 Å². The molecule has 1 aromatic heterocycles. The van der Waals surface area contributed by atoms with Crippen LogP contribution in [0.3, 0.4) is 0 Å². The number of hydrogen-bond acceptors (Lipinski definition) is 3. The van der Waals surface area contributed by atoms with Crippen LogP contribution in [0.4, 0.5) is 5.82 Å². The molecule has 0 radical (unpaired) electrons. The van der Waals surface area contributed by atoms with Gasteiger partial charge in [-0.25, -0.2) is 0 Å². The molecule has 1 atom stereocenters. The molecule has 0 amide bonds. The normalized spacial score (nSPS) is 20.6. The Bertz CT molecular complexity index is 457. The van der Waals surface area contributed by atoms with Crippen LogP contribution in [0.25, 0.3) is 0 Å². The second-order valence-corrected chi connectivity index (χ2v) is 6.36. The Balaban J connectivity index is 1.80. The second-order valence-electron chi connectivity index (χ2n) is 6.36. The Kier molecular flexibility index (Phi) is 3.29. The van der Waals surface area contributed by atoms with Gasteiger partial charge in [-0.2, -0.15) is 5.10 Å². The predicted octanol–water partition coefficient (Wildman–Crippen LogP) is 2.22. The molecular weight excluding hydrogens is 236 g/mol. The van der Waals surface area contributed by atoms with E-state index in [0.717, 1.165) is 18.5 Å². The fourth-order valence-corrected chi connectivity index (χ4v) is 2.96. The summed E-state index contributed by atoms with van der Waals surface area (Å²) in [6, 6.07) is 1.37. The lowest BCUT2D eigenvalue weighted by atomic mass is 10.1. The van der Waals surface area contributed by atoms with Crippen LogP contribution in [0.5, 0.6) is 0 Å². The summed E-state index contributed by atoms with van der Waals surface area (Å²) < 4.78 is 2.05. The minimum absolute atomic E-state index is 0.620. The van der Waals surface area contributed by atoms with Crippen molar-refractivity contribution in [3.8, 4) is 0 Å². The topological polar surface area (TPSA) is 33.1 Å². The number of aromatic nitrogens is 2. The van der Waals surface area contributed by atoms with E-state index in [1.54, 1.807) is 0 Å². The summed E-state index contributed by atoms with van der Waals surface area (Å²) >= 11 is 0. The van der Waals surface area contributed by atoms with E-state index in [1.807, 2.05) is 0 Å². The number of anilines is 1. The van der Waals surface area contributed by atoms with Gasteiger partial charge < -0.3 is 10.2 Å². The molecule has 0 spiro atoms. The van der Waals surface area contributed by atoms with Gasteiger partial charge in [0.25, 0.3) is 0 Å². The third kappa shape index (κ3) is 2.64. The molecule has 1 N–H and O–H groups in total. The number of rotatable bonds is 6. The van der Waals surface area contributed by atoms with Gasteiger partial charge in [0.05, 0.1) is 5.69 Å². The molecule has 2 fully saturated rings. The fourth-order valence-electron chi connectivity index (χ4n) is 2.96. The summed E-state index contributed by atoms with van der Waals surface area (Å²) in [6.07, 6.45) is 5.45. The van der Waals surface area contributed by atoms with Gasteiger partial charge in [-0.1, -0.05) is 0 Å². The molecule has 0 bridgehead atoms. The Morgan fingerprint density at radius 2 is 2.05 bits per heavy atom. The van der Waals surface area contributed by atoms with Gasteiger partial charge >= 0.3 is 0 Å². The third-order valence-corrected chi connectivity index (χ3v) is 4.71. The summed E-state index contributed by atoms with van der Waals surface area (Å²) in [5.74, 6) is 2.18. The van der Waals surface area contributed by atoms with Crippen molar-refractivity contribution in [1.82, 2.24) is 15.1 Å². The summed E-state index contributed by atoms with van der Waals surface area (Å²) in [6.45, 7) is 5.43. The molecule has 1 aromatic rings. The third-order valence-electron chi connectivity index (χ3n) is 4.71. The van der Waals surface area contributed by atoms with Crippen LogP contribution in [-0.2, 0) is 13.6 Å². The Labute approximate surface area is 116 Å². The van der Waals surface area contributed by atoms with Crippen molar-refractivity contribution < 1.29 is 0 Å². The first-order chi connectivity index (χ1) is 9.08. The summed E-state index contributed by atoms with van der Waals surface area (Å²) in [5, 5.41) is 8.25. The quantitative estimate of drug-likeness (QED) is 0.853. The number of hydrogen-bond donors (Lipinski definition) is 1. The van der Waals surface area contributed by atoms with E-state index in [4.69, 9.17) is 0 Å². The molecule has 4 nitrogen and oxygen atoms in total. The molecular formula is C15H26N4. The second kappa shape index (κ2) is 4.82. The Hall–Kier alpha value is -1.03. The van der Waals surface area contributed by atoms with Crippen LogP contribution in [0.15, 0.2) is 0 Å². The van der Waals surface area contributed by atoms with E-state index in [1.165, 1.54) is 42.8 Å². The average Bonchev–Trinajstić information content (AvgIpc) is 3.25. The van der Waals surface area contributed by atoms with Crippen LogP contribution >= 0.6 is 0 Å². The van der Waals surface area contributed by atoms with Crippen molar-refractivity contribution in [2.24, 2.45) is 13.0 Å². The lowest BCUT2D eigenvalue weighted by molar-refractivity contribution is 0.583. The predicted molar refractivity (Wildman–Crippen MR) is 78.4 cm³/mol. The van der Waals surface area contributed by atoms with Gasteiger partial charge in [0.2, 0.25) is 0 Å². The standard InChI is InChI=1S/C15H26N4/c1-10-14(9-16-13-7-8-13)15(19(4)17-10)18(3)11(2)12-5-6-12/h11-13,16H,5-9H2,1-4H3. The molecule has 0 saturated heterocycles. The lowest BCUT2D eigenvalue weighted by Gasteiger charge is -2.28.